The van der Waals surface area contributed by atoms with E-state index in [1.165, 1.54) is 34.8 Å². The first-order chi connectivity index (χ1) is 15.0. The van der Waals surface area contributed by atoms with Crippen LogP contribution in [0.1, 0.15) is 34.3 Å². The Hall–Kier alpha value is -2.26. The summed E-state index contributed by atoms with van der Waals surface area (Å²) in [7, 11) is -3.63. The molecule has 7 nitrogen and oxygen atoms in total. The van der Waals surface area contributed by atoms with Gasteiger partial charge < -0.3 is 10.1 Å². The molecule has 166 valence electrons. The standard InChI is InChI=1S/C23H29N3O4S/c27-23(24-17-19-6-8-20(9-7-19)18-25-10-1-2-11-25)21-4-3-5-22(16-21)31(28,29)26-12-14-30-15-13-26/h3-9,16H,1-2,10-15,17-18H2,(H,24,27). The Bertz CT molecular complexity index is 996. The van der Waals surface area contributed by atoms with Crippen LogP contribution in [0.4, 0.5) is 0 Å². The molecule has 2 aromatic carbocycles. The zero-order valence-corrected chi connectivity index (χ0v) is 18.4. The molecule has 0 aromatic heterocycles. The van der Waals surface area contributed by atoms with Crippen molar-refractivity contribution >= 4 is 15.9 Å². The van der Waals surface area contributed by atoms with Gasteiger partial charge in [-0.1, -0.05) is 30.3 Å². The molecule has 1 amide bonds. The number of rotatable bonds is 7. The van der Waals surface area contributed by atoms with Crippen LogP contribution in [-0.4, -0.2) is 62.9 Å². The molecule has 0 spiro atoms. The minimum Gasteiger partial charge on any atom is -0.379 e. The van der Waals surface area contributed by atoms with Crippen LogP contribution in [-0.2, 0) is 27.8 Å². The van der Waals surface area contributed by atoms with Crippen LogP contribution in [0, 0.1) is 0 Å². The smallest absolute Gasteiger partial charge is 0.251 e. The number of amides is 1. The lowest BCUT2D eigenvalue weighted by atomic mass is 10.1. The second-order valence-electron chi connectivity index (χ2n) is 8.03. The predicted octanol–water partition coefficient (Wildman–Crippen LogP) is 2.23. The number of hydrogen-bond donors (Lipinski definition) is 1. The average molecular weight is 444 g/mol. The van der Waals surface area contributed by atoms with Crippen LogP contribution in [0.2, 0.25) is 0 Å². The SMILES string of the molecule is O=C(NCc1ccc(CN2CCCC2)cc1)c1cccc(S(=O)(=O)N2CCOCC2)c1. The Morgan fingerprint density at radius 1 is 0.935 bits per heavy atom. The van der Waals surface area contributed by atoms with Crippen LogP contribution in [0.15, 0.2) is 53.4 Å². The molecule has 2 aliphatic rings. The molecular formula is C23H29N3O4S. The van der Waals surface area contributed by atoms with E-state index in [1.54, 1.807) is 12.1 Å². The van der Waals surface area contributed by atoms with E-state index in [-0.39, 0.29) is 10.8 Å². The molecule has 1 N–H and O–H groups in total. The molecule has 0 atom stereocenters. The number of carbonyl (C=O) groups excluding carboxylic acids is 1. The van der Waals surface area contributed by atoms with Gasteiger partial charge in [-0.15, -0.1) is 0 Å². The lowest BCUT2D eigenvalue weighted by Crippen LogP contribution is -2.40. The van der Waals surface area contributed by atoms with Crippen molar-refractivity contribution in [3.05, 3.63) is 65.2 Å². The third-order valence-corrected chi connectivity index (χ3v) is 7.68. The quantitative estimate of drug-likeness (QED) is 0.710. The summed E-state index contributed by atoms with van der Waals surface area (Å²) in [5, 5.41) is 2.89. The molecule has 0 aliphatic carbocycles. The minimum atomic E-state index is -3.63. The molecule has 0 unspecified atom stereocenters. The highest BCUT2D eigenvalue weighted by Gasteiger charge is 2.26. The molecule has 2 fully saturated rings. The first-order valence-corrected chi connectivity index (χ1v) is 12.2. The van der Waals surface area contributed by atoms with Gasteiger partial charge in [0.15, 0.2) is 0 Å². The van der Waals surface area contributed by atoms with Crippen molar-refractivity contribution < 1.29 is 17.9 Å². The molecule has 2 saturated heterocycles. The number of carbonyl (C=O) groups is 1. The lowest BCUT2D eigenvalue weighted by molar-refractivity contribution is 0.0730. The molecule has 4 rings (SSSR count). The van der Waals surface area contributed by atoms with E-state index in [9.17, 15) is 13.2 Å². The van der Waals surface area contributed by atoms with Gasteiger partial charge in [0.2, 0.25) is 10.0 Å². The number of sulfonamides is 1. The van der Waals surface area contributed by atoms with E-state index in [0.29, 0.717) is 38.4 Å². The number of nitrogens with one attached hydrogen (secondary N) is 1. The fraction of sp³-hybridized carbons (Fsp3) is 0.435. The van der Waals surface area contributed by atoms with E-state index < -0.39 is 10.0 Å². The first kappa shape index (κ1) is 22.0. The highest BCUT2D eigenvalue weighted by Crippen LogP contribution is 2.19. The van der Waals surface area contributed by atoms with Crippen LogP contribution in [0.3, 0.4) is 0 Å². The van der Waals surface area contributed by atoms with E-state index in [0.717, 1.165) is 25.2 Å². The summed E-state index contributed by atoms with van der Waals surface area (Å²) in [5.41, 5.74) is 2.62. The molecular weight excluding hydrogens is 414 g/mol. The maximum absolute atomic E-state index is 12.8. The highest BCUT2D eigenvalue weighted by molar-refractivity contribution is 7.89. The maximum atomic E-state index is 12.8. The van der Waals surface area contributed by atoms with Crippen LogP contribution in [0.5, 0.6) is 0 Å². The third-order valence-electron chi connectivity index (χ3n) is 5.78. The van der Waals surface area contributed by atoms with Crippen molar-refractivity contribution in [2.45, 2.75) is 30.8 Å². The van der Waals surface area contributed by atoms with Crippen molar-refractivity contribution in [2.24, 2.45) is 0 Å². The van der Waals surface area contributed by atoms with Crippen LogP contribution in [0.25, 0.3) is 0 Å². The van der Waals surface area contributed by atoms with E-state index in [1.807, 2.05) is 12.1 Å². The largest absolute Gasteiger partial charge is 0.379 e. The molecule has 2 aliphatic heterocycles. The van der Waals surface area contributed by atoms with Crippen molar-refractivity contribution in [1.29, 1.82) is 0 Å². The van der Waals surface area contributed by atoms with Crippen LogP contribution < -0.4 is 5.32 Å². The zero-order valence-electron chi connectivity index (χ0n) is 17.6. The molecule has 0 bridgehead atoms. The summed E-state index contributed by atoms with van der Waals surface area (Å²) in [5.74, 6) is -0.292. The van der Waals surface area contributed by atoms with Crippen molar-refractivity contribution in [2.75, 3.05) is 39.4 Å². The summed E-state index contributed by atoms with van der Waals surface area (Å²) < 4.78 is 32.3. The number of likely N-dealkylation sites (tertiary alicyclic amines) is 1. The Labute approximate surface area is 184 Å². The number of hydrogen-bond acceptors (Lipinski definition) is 5. The van der Waals surface area contributed by atoms with E-state index >= 15 is 0 Å². The fourth-order valence-electron chi connectivity index (χ4n) is 3.98. The number of ether oxygens (including phenoxy) is 1. The first-order valence-electron chi connectivity index (χ1n) is 10.8. The molecule has 0 radical (unpaired) electrons. The van der Waals surface area contributed by atoms with E-state index in [2.05, 4.69) is 22.3 Å². The van der Waals surface area contributed by atoms with Gasteiger partial charge in [-0.2, -0.15) is 4.31 Å². The summed E-state index contributed by atoms with van der Waals surface area (Å²) in [4.78, 5) is 15.2. The zero-order chi connectivity index (χ0) is 21.7. The van der Waals surface area contributed by atoms with Gasteiger partial charge >= 0.3 is 0 Å². The third kappa shape index (κ3) is 5.51. The number of morpholine rings is 1. The summed E-state index contributed by atoms with van der Waals surface area (Å²) in [6.07, 6.45) is 2.55. The normalized spacial score (nSPS) is 18.2. The second kappa shape index (κ2) is 9.91. The van der Waals surface area contributed by atoms with Gasteiger partial charge in [0.1, 0.15) is 0 Å². The van der Waals surface area contributed by atoms with Gasteiger partial charge in [0.25, 0.3) is 5.91 Å². The second-order valence-corrected chi connectivity index (χ2v) is 9.96. The topological polar surface area (TPSA) is 79.0 Å². The Morgan fingerprint density at radius 3 is 2.32 bits per heavy atom. The number of nitrogens with zero attached hydrogens (tertiary/aromatic N) is 2. The van der Waals surface area contributed by atoms with Crippen LogP contribution >= 0.6 is 0 Å². The predicted molar refractivity (Wildman–Crippen MR) is 118 cm³/mol. The molecule has 2 heterocycles. The molecule has 2 aromatic rings. The Balaban J connectivity index is 1.36. The van der Waals surface area contributed by atoms with Gasteiger partial charge in [0, 0.05) is 31.7 Å². The van der Waals surface area contributed by atoms with E-state index in [4.69, 9.17) is 4.74 Å². The van der Waals surface area contributed by atoms with Crippen molar-refractivity contribution in [3.63, 3.8) is 0 Å². The highest BCUT2D eigenvalue weighted by atomic mass is 32.2. The molecule has 8 heteroatoms. The van der Waals surface area contributed by atoms with Gasteiger partial charge in [-0.05, 0) is 55.3 Å². The fourth-order valence-corrected chi connectivity index (χ4v) is 5.43. The van der Waals surface area contributed by atoms with Crippen molar-refractivity contribution in [1.82, 2.24) is 14.5 Å². The van der Waals surface area contributed by atoms with Gasteiger partial charge in [0.05, 0.1) is 18.1 Å². The summed E-state index contributed by atoms with van der Waals surface area (Å²) >= 11 is 0. The average Bonchev–Trinajstić information content (AvgIpc) is 3.32. The van der Waals surface area contributed by atoms with Crippen molar-refractivity contribution in [3.8, 4) is 0 Å². The lowest BCUT2D eigenvalue weighted by Gasteiger charge is -2.26. The Kier molecular flexibility index (Phi) is 7.02. The van der Waals surface area contributed by atoms with Gasteiger partial charge in [-0.3, -0.25) is 9.69 Å². The minimum absolute atomic E-state index is 0.133. The molecule has 31 heavy (non-hydrogen) atoms. The number of benzene rings is 2. The Morgan fingerprint density at radius 2 is 1.61 bits per heavy atom. The van der Waals surface area contributed by atoms with Gasteiger partial charge in [-0.25, -0.2) is 8.42 Å². The maximum Gasteiger partial charge on any atom is 0.251 e. The summed E-state index contributed by atoms with van der Waals surface area (Å²) in [6.45, 7) is 5.11. The monoisotopic (exact) mass is 443 g/mol. The molecule has 0 saturated carbocycles. The summed E-state index contributed by atoms with van der Waals surface area (Å²) in [6, 6.07) is 14.5.